The molecule has 0 spiro atoms. The number of carbonyl (C=O) groups is 1. The molecule has 3 aromatic heterocycles. The number of hydrogen-bond donors (Lipinski definition) is 3. The van der Waals surface area contributed by atoms with Crippen molar-refractivity contribution < 1.29 is 14.3 Å². The Morgan fingerprint density at radius 1 is 1.33 bits per heavy atom. The summed E-state index contributed by atoms with van der Waals surface area (Å²) in [5.74, 6) is 1.68. The van der Waals surface area contributed by atoms with E-state index < -0.39 is 0 Å². The molecule has 0 aliphatic heterocycles. The molecule has 1 aliphatic carbocycles. The van der Waals surface area contributed by atoms with Gasteiger partial charge in [0.2, 0.25) is 0 Å². The number of hydrogen-bond acceptors (Lipinski definition) is 8. The number of nitrogens with zero attached hydrogens (tertiary/aromatic N) is 3. The average molecular weight is 431 g/mol. The predicted octanol–water partition coefficient (Wildman–Crippen LogP) is 4.08. The van der Waals surface area contributed by atoms with Crippen molar-refractivity contribution in [3.05, 3.63) is 29.0 Å². The molecule has 10 heteroatoms. The molecule has 1 aliphatic rings. The summed E-state index contributed by atoms with van der Waals surface area (Å²) in [6.45, 7) is 4.32. The van der Waals surface area contributed by atoms with Crippen LogP contribution in [-0.4, -0.2) is 45.5 Å². The summed E-state index contributed by atoms with van der Waals surface area (Å²) < 4.78 is 11.7. The van der Waals surface area contributed by atoms with Crippen LogP contribution < -0.4 is 10.6 Å². The molecule has 0 saturated heterocycles. The number of methoxy groups -OCH3 is 1. The quantitative estimate of drug-likeness (QED) is 0.517. The third kappa shape index (κ3) is 4.88. The van der Waals surface area contributed by atoms with Gasteiger partial charge in [-0.25, -0.2) is 14.8 Å². The Morgan fingerprint density at radius 3 is 3.00 bits per heavy atom. The van der Waals surface area contributed by atoms with Crippen molar-refractivity contribution in [2.75, 3.05) is 12.4 Å². The second kappa shape index (κ2) is 8.97. The summed E-state index contributed by atoms with van der Waals surface area (Å²) in [4.78, 5) is 20.8. The van der Waals surface area contributed by atoms with Crippen LogP contribution in [0.5, 0.6) is 0 Å². The van der Waals surface area contributed by atoms with Crippen LogP contribution in [0.25, 0.3) is 10.2 Å². The monoisotopic (exact) mass is 430 g/mol. The van der Waals surface area contributed by atoms with Gasteiger partial charge in [-0.05, 0) is 33.1 Å². The van der Waals surface area contributed by atoms with Crippen molar-refractivity contribution in [3.8, 4) is 0 Å². The number of ether oxygens (including phenoxy) is 2. The van der Waals surface area contributed by atoms with E-state index in [1.54, 1.807) is 18.4 Å². The molecule has 0 aromatic carbocycles. The zero-order chi connectivity index (χ0) is 21.1. The summed E-state index contributed by atoms with van der Waals surface area (Å²) in [7, 11) is 1.66. The summed E-state index contributed by atoms with van der Waals surface area (Å²) in [5.41, 5.74) is 1.92. The molecule has 9 nitrogen and oxygen atoms in total. The Morgan fingerprint density at radius 2 is 2.20 bits per heavy atom. The maximum atomic E-state index is 11.8. The van der Waals surface area contributed by atoms with Gasteiger partial charge in [-0.2, -0.15) is 5.10 Å². The molecule has 1 amide bonds. The van der Waals surface area contributed by atoms with Gasteiger partial charge in [0, 0.05) is 43.1 Å². The molecular formula is C20H26N6O3S. The van der Waals surface area contributed by atoms with Crippen LogP contribution in [0.2, 0.25) is 0 Å². The smallest absolute Gasteiger partial charge is 0.407 e. The number of aromatic nitrogens is 4. The van der Waals surface area contributed by atoms with Crippen LogP contribution in [0.1, 0.15) is 49.7 Å². The highest BCUT2D eigenvalue weighted by atomic mass is 32.1. The van der Waals surface area contributed by atoms with Crippen molar-refractivity contribution in [1.82, 2.24) is 25.5 Å². The number of carbonyl (C=O) groups excluding carboxylic acids is 1. The highest BCUT2D eigenvalue weighted by molar-refractivity contribution is 7.18. The zero-order valence-electron chi connectivity index (χ0n) is 17.3. The van der Waals surface area contributed by atoms with Crippen LogP contribution in [0.3, 0.4) is 0 Å². The normalized spacial score (nSPS) is 18.8. The number of thiazole rings is 1. The van der Waals surface area contributed by atoms with E-state index in [0.29, 0.717) is 18.2 Å². The standard InChI is InChI=1S/C20H26N6O3S/c1-11(2)22-20(27)29-13-5-4-12(6-13)14-7-18(26-25-14)24-17-8-15-16(9-21-17)30-19(23-15)10-28-3/h7-9,11-13H,4-6,10H2,1-3H3,(H,22,27)(H2,21,24,25,26)/t12-,13+/m1/s1. The molecule has 2 atom stereocenters. The van der Waals surface area contributed by atoms with E-state index in [9.17, 15) is 4.79 Å². The van der Waals surface area contributed by atoms with Gasteiger partial charge < -0.3 is 20.1 Å². The molecule has 160 valence electrons. The topological polar surface area (TPSA) is 114 Å². The summed E-state index contributed by atoms with van der Waals surface area (Å²) >= 11 is 1.58. The first-order chi connectivity index (χ1) is 14.5. The van der Waals surface area contributed by atoms with Gasteiger partial charge in [0.1, 0.15) is 16.9 Å². The molecule has 0 radical (unpaired) electrons. The summed E-state index contributed by atoms with van der Waals surface area (Å²) in [5, 5.41) is 14.4. The van der Waals surface area contributed by atoms with Crippen molar-refractivity contribution in [2.45, 2.75) is 57.8 Å². The lowest BCUT2D eigenvalue weighted by atomic mass is 10.0. The largest absolute Gasteiger partial charge is 0.446 e. The van der Waals surface area contributed by atoms with Gasteiger partial charge in [-0.15, -0.1) is 11.3 Å². The Hall–Kier alpha value is -2.72. The van der Waals surface area contributed by atoms with Crippen molar-refractivity contribution >= 4 is 39.3 Å². The summed E-state index contributed by atoms with van der Waals surface area (Å²) in [6.07, 6.45) is 3.99. The second-order valence-corrected chi connectivity index (χ2v) is 8.86. The number of alkyl carbamates (subject to hydrolysis) is 1. The van der Waals surface area contributed by atoms with Crippen molar-refractivity contribution in [1.29, 1.82) is 0 Å². The predicted molar refractivity (Wildman–Crippen MR) is 115 cm³/mol. The van der Waals surface area contributed by atoms with E-state index in [2.05, 4.69) is 30.8 Å². The Balaban J connectivity index is 1.36. The third-order valence-corrected chi connectivity index (χ3v) is 5.93. The van der Waals surface area contributed by atoms with Gasteiger partial charge in [-0.1, -0.05) is 0 Å². The van der Waals surface area contributed by atoms with Crippen LogP contribution in [-0.2, 0) is 16.1 Å². The minimum Gasteiger partial charge on any atom is -0.446 e. The number of aromatic amines is 1. The Bertz CT molecular complexity index is 1020. The minimum absolute atomic E-state index is 0.0662. The second-order valence-electron chi connectivity index (χ2n) is 7.75. The number of pyridine rings is 1. The highest BCUT2D eigenvalue weighted by Gasteiger charge is 2.30. The summed E-state index contributed by atoms with van der Waals surface area (Å²) in [6, 6.07) is 3.97. The third-order valence-electron chi connectivity index (χ3n) is 4.95. The fourth-order valence-corrected chi connectivity index (χ4v) is 4.52. The van der Waals surface area contributed by atoms with E-state index >= 15 is 0 Å². The SMILES string of the molecule is COCc1nc2cc(Nc3cc([C@@H]4CC[C@H](OC(=O)NC(C)C)C4)[nH]n3)ncc2s1. The first-order valence-corrected chi connectivity index (χ1v) is 10.9. The molecule has 30 heavy (non-hydrogen) atoms. The number of amides is 1. The maximum absolute atomic E-state index is 11.8. The van der Waals surface area contributed by atoms with E-state index in [-0.39, 0.29) is 24.2 Å². The molecule has 3 heterocycles. The number of anilines is 2. The lowest BCUT2D eigenvalue weighted by Crippen LogP contribution is -2.33. The fraction of sp³-hybridized carbons (Fsp3) is 0.500. The number of fused-ring (bicyclic) bond motifs is 1. The molecule has 1 saturated carbocycles. The Kier molecular flexibility index (Phi) is 6.14. The lowest BCUT2D eigenvalue weighted by Gasteiger charge is -2.14. The van der Waals surface area contributed by atoms with Crippen LogP contribution >= 0.6 is 11.3 Å². The lowest BCUT2D eigenvalue weighted by molar-refractivity contribution is 0.0981. The molecular weight excluding hydrogens is 404 g/mol. The number of H-pyrrole nitrogens is 1. The van der Waals surface area contributed by atoms with Gasteiger partial charge >= 0.3 is 6.09 Å². The minimum atomic E-state index is -0.347. The van der Waals surface area contributed by atoms with E-state index in [4.69, 9.17) is 9.47 Å². The van der Waals surface area contributed by atoms with Gasteiger partial charge in [0.25, 0.3) is 0 Å². The molecule has 4 rings (SSSR count). The van der Waals surface area contributed by atoms with Gasteiger partial charge in [0.15, 0.2) is 5.82 Å². The van der Waals surface area contributed by atoms with Gasteiger partial charge in [-0.3, -0.25) is 5.10 Å². The Labute approximate surface area is 178 Å². The molecule has 1 fully saturated rings. The average Bonchev–Trinajstić information content (AvgIpc) is 3.40. The molecule has 3 N–H and O–H groups in total. The van der Waals surface area contributed by atoms with Crippen molar-refractivity contribution in [3.63, 3.8) is 0 Å². The fourth-order valence-electron chi connectivity index (χ4n) is 3.63. The zero-order valence-corrected chi connectivity index (χ0v) is 18.1. The molecule has 0 unspecified atom stereocenters. The van der Waals surface area contributed by atoms with Crippen LogP contribution in [0, 0.1) is 0 Å². The number of rotatable bonds is 7. The first kappa shape index (κ1) is 20.5. The van der Waals surface area contributed by atoms with Crippen LogP contribution in [0.15, 0.2) is 18.3 Å². The molecule has 3 aromatic rings. The van der Waals surface area contributed by atoms with E-state index in [1.807, 2.05) is 32.2 Å². The molecule has 0 bridgehead atoms. The number of nitrogens with one attached hydrogen (secondary N) is 3. The van der Waals surface area contributed by atoms with Gasteiger partial charge in [0.05, 0.1) is 16.8 Å². The highest BCUT2D eigenvalue weighted by Crippen LogP contribution is 2.36. The van der Waals surface area contributed by atoms with Crippen LogP contribution in [0.4, 0.5) is 16.4 Å². The van der Waals surface area contributed by atoms with E-state index in [1.165, 1.54) is 0 Å². The van der Waals surface area contributed by atoms with Crippen molar-refractivity contribution in [2.24, 2.45) is 0 Å². The first-order valence-electron chi connectivity index (χ1n) is 10.0. The van der Waals surface area contributed by atoms with E-state index in [0.717, 1.165) is 40.2 Å². The maximum Gasteiger partial charge on any atom is 0.407 e.